The summed E-state index contributed by atoms with van der Waals surface area (Å²) in [5.74, 6) is 1.81. The van der Waals surface area contributed by atoms with Crippen LogP contribution in [0.4, 0.5) is 0 Å². The van der Waals surface area contributed by atoms with Crippen LogP contribution in [-0.4, -0.2) is 38.1 Å². The minimum absolute atomic E-state index is 0.125. The second kappa shape index (κ2) is 9.11. The molecule has 0 atom stereocenters. The van der Waals surface area contributed by atoms with E-state index in [4.69, 9.17) is 9.47 Å². The molecule has 0 fully saturated rings. The van der Waals surface area contributed by atoms with Gasteiger partial charge in [-0.15, -0.1) is 0 Å². The van der Waals surface area contributed by atoms with E-state index in [1.165, 1.54) is 11.1 Å². The second-order valence-electron chi connectivity index (χ2n) is 6.34. The van der Waals surface area contributed by atoms with Crippen molar-refractivity contribution in [3.63, 3.8) is 0 Å². The molecule has 0 aliphatic rings. The molecule has 0 aromatic heterocycles. The normalized spacial score (nSPS) is 10.4. The SMILES string of the molecule is COc1ccc(CCC(=O)N(C)CCOc2cc(C)cc(C)c2)cc1. The molecule has 4 nitrogen and oxygen atoms in total. The van der Waals surface area contributed by atoms with Gasteiger partial charge in [0.2, 0.25) is 5.91 Å². The maximum Gasteiger partial charge on any atom is 0.222 e. The highest BCUT2D eigenvalue weighted by atomic mass is 16.5. The van der Waals surface area contributed by atoms with Crippen LogP contribution in [0, 0.1) is 13.8 Å². The van der Waals surface area contributed by atoms with E-state index in [0.29, 0.717) is 19.6 Å². The van der Waals surface area contributed by atoms with Gasteiger partial charge in [0, 0.05) is 13.5 Å². The molecule has 2 aromatic rings. The molecule has 0 heterocycles. The third-order valence-corrected chi connectivity index (χ3v) is 4.10. The summed E-state index contributed by atoms with van der Waals surface area (Å²) >= 11 is 0. The molecule has 25 heavy (non-hydrogen) atoms. The summed E-state index contributed by atoms with van der Waals surface area (Å²) in [6.07, 6.45) is 1.22. The van der Waals surface area contributed by atoms with Crippen molar-refractivity contribution < 1.29 is 14.3 Å². The van der Waals surface area contributed by atoms with Crippen molar-refractivity contribution >= 4 is 5.91 Å². The molecule has 2 aromatic carbocycles. The Hall–Kier alpha value is -2.49. The topological polar surface area (TPSA) is 38.8 Å². The van der Waals surface area contributed by atoms with Gasteiger partial charge in [-0.3, -0.25) is 4.79 Å². The van der Waals surface area contributed by atoms with Gasteiger partial charge in [-0.2, -0.15) is 0 Å². The van der Waals surface area contributed by atoms with E-state index in [0.717, 1.165) is 23.5 Å². The monoisotopic (exact) mass is 341 g/mol. The van der Waals surface area contributed by atoms with Crippen molar-refractivity contribution in [1.29, 1.82) is 0 Å². The molecule has 2 rings (SSSR count). The summed E-state index contributed by atoms with van der Waals surface area (Å²) in [5, 5.41) is 0. The lowest BCUT2D eigenvalue weighted by atomic mass is 10.1. The molecule has 0 bridgehead atoms. The van der Waals surface area contributed by atoms with Gasteiger partial charge in [-0.05, 0) is 61.2 Å². The lowest BCUT2D eigenvalue weighted by Gasteiger charge is -2.18. The van der Waals surface area contributed by atoms with Gasteiger partial charge >= 0.3 is 0 Å². The van der Waals surface area contributed by atoms with Gasteiger partial charge in [-0.1, -0.05) is 18.2 Å². The molecular formula is C21H27NO3. The first kappa shape index (κ1) is 18.8. The van der Waals surface area contributed by atoms with Crippen molar-refractivity contribution in [2.45, 2.75) is 26.7 Å². The fourth-order valence-electron chi connectivity index (χ4n) is 2.68. The minimum Gasteiger partial charge on any atom is -0.497 e. The fourth-order valence-corrected chi connectivity index (χ4v) is 2.68. The van der Waals surface area contributed by atoms with E-state index in [2.05, 4.69) is 19.9 Å². The van der Waals surface area contributed by atoms with Crippen molar-refractivity contribution in [2.24, 2.45) is 0 Å². The number of hydrogen-bond acceptors (Lipinski definition) is 3. The number of methoxy groups -OCH3 is 1. The van der Waals surface area contributed by atoms with Crippen LogP contribution in [0.15, 0.2) is 42.5 Å². The van der Waals surface area contributed by atoms with Crippen LogP contribution in [-0.2, 0) is 11.2 Å². The number of carbonyl (C=O) groups excluding carboxylic acids is 1. The fraction of sp³-hybridized carbons (Fsp3) is 0.381. The Balaban J connectivity index is 1.73. The van der Waals surface area contributed by atoms with E-state index in [1.54, 1.807) is 12.0 Å². The lowest BCUT2D eigenvalue weighted by molar-refractivity contribution is -0.130. The first-order valence-corrected chi connectivity index (χ1v) is 8.56. The number of hydrogen-bond donors (Lipinski definition) is 0. The Bertz CT molecular complexity index is 675. The molecule has 0 aliphatic heterocycles. The molecule has 0 radical (unpaired) electrons. The van der Waals surface area contributed by atoms with Crippen LogP contribution in [0.3, 0.4) is 0 Å². The van der Waals surface area contributed by atoms with Gasteiger partial charge in [0.15, 0.2) is 0 Å². The lowest BCUT2D eigenvalue weighted by Crippen LogP contribution is -2.31. The number of likely N-dealkylation sites (N-methyl/N-ethyl adjacent to an activating group) is 1. The summed E-state index contributed by atoms with van der Waals surface area (Å²) < 4.78 is 10.9. The Labute approximate surface area is 150 Å². The highest BCUT2D eigenvalue weighted by molar-refractivity contribution is 5.76. The summed E-state index contributed by atoms with van der Waals surface area (Å²) in [4.78, 5) is 14.0. The zero-order valence-corrected chi connectivity index (χ0v) is 15.5. The van der Waals surface area contributed by atoms with Crippen LogP contribution in [0.1, 0.15) is 23.1 Å². The maximum absolute atomic E-state index is 12.2. The third-order valence-electron chi connectivity index (χ3n) is 4.10. The van der Waals surface area contributed by atoms with Crippen LogP contribution in [0.5, 0.6) is 11.5 Å². The first-order chi connectivity index (χ1) is 12.0. The van der Waals surface area contributed by atoms with Gasteiger partial charge in [0.1, 0.15) is 18.1 Å². The van der Waals surface area contributed by atoms with Crippen molar-refractivity contribution in [3.8, 4) is 11.5 Å². The predicted octanol–water partition coefficient (Wildman–Crippen LogP) is 3.78. The predicted molar refractivity (Wildman–Crippen MR) is 100 cm³/mol. The zero-order chi connectivity index (χ0) is 18.2. The zero-order valence-electron chi connectivity index (χ0n) is 15.5. The average Bonchev–Trinajstić information content (AvgIpc) is 2.59. The van der Waals surface area contributed by atoms with Crippen LogP contribution < -0.4 is 9.47 Å². The maximum atomic E-state index is 12.2. The molecule has 1 amide bonds. The Morgan fingerprint density at radius 3 is 2.24 bits per heavy atom. The smallest absolute Gasteiger partial charge is 0.222 e. The largest absolute Gasteiger partial charge is 0.497 e. The molecule has 0 N–H and O–H groups in total. The Morgan fingerprint density at radius 2 is 1.64 bits per heavy atom. The number of benzene rings is 2. The van der Waals surface area contributed by atoms with E-state index in [1.807, 2.05) is 43.4 Å². The Morgan fingerprint density at radius 1 is 1.00 bits per heavy atom. The van der Waals surface area contributed by atoms with E-state index >= 15 is 0 Å². The van der Waals surface area contributed by atoms with E-state index < -0.39 is 0 Å². The van der Waals surface area contributed by atoms with Crippen molar-refractivity contribution in [3.05, 3.63) is 59.2 Å². The summed E-state index contributed by atoms with van der Waals surface area (Å²) in [6, 6.07) is 14.0. The van der Waals surface area contributed by atoms with E-state index in [9.17, 15) is 4.79 Å². The number of aryl methyl sites for hydroxylation is 3. The van der Waals surface area contributed by atoms with Gasteiger partial charge < -0.3 is 14.4 Å². The average molecular weight is 341 g/mol. The Kier molecular flexibility index (Phi) is 6.87. The molecule has 0 spiro atoms. The van der Waals surface area contributed by atoms with Gasteiger partial charge in [0.25, 0.3) is 0 Å². The third kappa shape index (κ3) is 6.14. The van der Waals surface area contributed by atoms with Crippen molar-refractivity contribution in [2.75, 3.05) is 27.3 Å². The first-order valence-electron chi connectivity index (χ1n) is 8.56. The number of amides is 1. The molecule has 134 valence electrons. The number of nitrogens with zero attached hydrogens (tertiary/aromatic N) is 1. The van der Waals surface area contributed by atoms with Gasteiger partial charge in [-0.25, -0.2) is 0 Å². The van der Waals surface area contributed by atoms with Crippen LogP contribution in [0.2, 0.25) is 0 Å². The van der Waals surface area contributed by atoms with Crippen LogP contribution >= 0.6 is 0 Å². The quantitative estimate of drug-likeness (QED) is 0.733. The molecule has 0 saturated carbocycles. The van der Waals surface area contributed by atoms with Crippen molar-refractivity contribution in [1.82, 2.24) is 4.90 Å². The highest BCUT2D eigenvalue weighted by Crippen LogP contribution is 2.16. The summed E-state index contributed by atoms with van der Waals surface area (Å²) in [5.41, 5.74) is 3.49. The minimum atomic E-state index is 0.125. The summed E-state index contributed by atoms with van der Waals surface area (Å²) in [7, 11) is 3.47. The molecule has 4 heteroatoms. The molecule has 0 unspecified atom stereocenters. The highest BCUT2D eigenvalue weighted by Gasteiger charge is 2.09. The number of carbonyl (C=O) groups is 1. The molecular weight excluding hydrogens is 314 g/mol. The number of rotatable bonds is 8. The standard InChI is InChI=1S/C21H27NO3/c1-16-13-17(2)15-20(14-16)25-12-11-22(3)21(23)10-7-18-5-8-19(24-4)9-6-18/h5-6,8-9,13-15H,7,10-12H2,1-4H3. The molecule has 0 saturated heterocycles. The van der Waals surface area contributed by atoms with Gasteiger partial charge in [0.05, 0.1) is 13.7 Å². The van der Waals surface area contributed by atoms with Crippen LogP contribution in [0.25, 0.3) is 0 Å². The second-order valence-corrected chi connectivity index (χ2v) is 6.34. The summed E-state index contributed by atoms with van der Waals surface area (Å²) in [6.45, 7) is 5.17. The number of ether oxygens (including phenoxy) is 2. The molecule has 0 aliphatic carbocycles. The van der Waals surface area contributed by atoms with E-state index in [-0.39, 0.29) is 5.91 Å².